The molecule has 3 fully saturated rings. The number of nitrogens with one attached hydrogen (secondary N) is 2. The van der Waals surface area contributed by atoms with Crippen molar-refractivity contribution in [1.82, 2.24) is 10.3 Å². The van der Waals surface area contributed by atoms with Crippen molar-refractivity contribution in [2.24, 2.45) is 5.41 Å². The maximum atomic E-state index is 13.8. The fourth-order valence-electron chi connectivity index (χ4n) is 4.47. The number of anilines is 1. The lowest BCUT2D eigenvalue weighted by molar-refractivity contribution is -0.333. The van der Waals surface area contributed by atoms with Crippen molar-refractivity contribution >= 4 is 11.7 Å². The first-order valence-corrected chi connectivity index (χ1v) is 10.3. The van der Waals surface area contributed by atoms with E-state index in [-0.39, 0.29) is 48.0 Å². The number of benzene rings is 1. The van der Waals surface area contributed by atoms with Crippen LogP contribution in [0.3, 0.4) is 0 Å². The molecule has 2 aliphatic carbocycles. The van der Waals surface area contributed by atoms with Crippen molar-refractivity contribution in [3.05, 3.63) is 48.2 Å². The number of hydrogen-bond acceptors (Lipinski definition) is 4. The number of rotatable bonds is 5. The van der Waals surface area contributed by atoms with Crippen molar-refractivity contribution in [3.63, 3.8) is 0 Å². The second kappa shape index (κ2) is 7.12. The molecule has 31 heavy (non-hydrogen) atoms. The van der Waals surface area contributed by atoms with E-state index in [4.69, 9.17) is 9.47 Å². The molecule has 1 aliphatic heterocycles. The summed E-state index contributed by atoms with van der Waals surface area (Å²) in [6.07, 6.45) is 1.12. The van der Waals surface area contributed by atoms with Gasteiger partial charge in [-0.05, 0) is 49.3 Å². The van der Waals surface area contributed by atoms with Gasteiger partial charge in [0, 0.05) is 24.2 Å². The summed E-state index contributed by atoms with van der Waals surface area (Å²) in [4.78, 5) is 16.5. The fraction of sp³-hybridized carbons (Fsp3) is 0.455. The number of ether oxygens (including phenoxy) is 2. The number of carbonyl (C=O) groups is 1. The minimum atomic E-state index is -4.59. The lowest BCUT2D eigenvalue weighted by Gasteiger charge is -2.43. The highest BCUT2D eigenvalue weighted by molar-refractivity contribution is 5.90. The third-order valence-corrected chi connectivity index (χ3v) is 6.46. The number of carbonyl (C=O) groups excluding carboxylic acids is 1. The van der Waals surface area contributed by atoms with Crippen molar-refractivity contribution in [1.29, 1.82) is 0 Å². The third kappa shape index (κ3) is 3.60. The van der Waals surface area contributed by atoms with E-state index in [1.807, 2.05) is 0 Å². The van der Waals surface area contributed by atoms with Crippen LogP contribution in [0.4, 0.5) is 23.7 Å². The highest BCUT2D eigenvalue weighted by Crippen LogP contribution is 2.60. The summed E-state index contributed by atoms with van der Waals surface area (Å²) in [5, 5.41) is 5.63. The van der Waals surface area contributed by atoms with E-state index in [0.717, 1.165) is 12.8 Å². The van der Waals surface area contributed by atoms with Crippen LogP contribution in [-0.4, -0.2) is 29.8 Å². The van der Waals surface area contributed by atoms with Gasteiger partial charge in [0.2, 0.25) is 5.88 Å². The Morgan fingerprint density at radius 2 is 1.87 bits per heavy atom. The predicted octanol–water partition coefficient (Wildman–Crippen LogP) is 5.12. The van der Waals surface area contributed by atoms with Gasteiger partial charge >= 0.3 is 12.2 Å². The van der Waals surface area contributed by atoms with Crippen LogP contribution in [-0.2, 0) is 10.3 Å². The third-order valence-electron chi connectivity index (χ3n) is 6.46. The number of pyridine rings is 1. The van der Waals surface area contributed by atoms with E-state index in [2.05, 4.69) is 15.6 Å². The first-order chi connectivity index (χ1) is 14.8. The fourth-order valence-corrected chi connectivity index (χ4v) is 4.47. The Balaban J connectivity index is 1.34. The number of para-hydroxylation sites is 1. The quantitative estimate of drug-likeness (QED) is 0.687. The van der Waals surface area contributed by atoms with Crippen molar-refractivity contribution in [3.8, 4) is 11.6 Å². The molecule has 1 aromatic carbocycles. The lowest BCUT2D eigenvalue weighted by atomic mass is 9.77. The van der Waals surface area contributed by atoms with Crippen LogP contribution in [0.5, 0.6) is 11.6 Å². The standard InChI is InChI=1S/C22H22F3N3O3/c23-22(24,25)21(9-11-30-21)15-4-1-2-6-17(15)31-18-16(5-3-10-26-18)28-19(29)27-14-12-20(13-14)7-8-20/h1-6,10,14H,7-9,11-13H2,(H2,27,28,29). The first-order valence-electron chi connectivity index (χ1n) is 10.3. The largest absolute Gasteiger partial charge is 0.437 e. The van der Waals surface area contributed by atoms with E-state index in [1.54, 1.807) is 18.2 Å². The van der Waals surface area contributed by atoms with Gasteiger partial charge in [-0.1, -0.05) is 18.2 Å². The van der Waals surface area contributed by atoms with Crippen molar-refractivity contribution < 1.29 is 27.4 Å². The Morgan fingerprint density at radius 3 is 2.52 bits per heavy atom. The van der Waals surface area contributed by atoms with Gasteiger partial charge in [-0.25, -0.2) is 9.78 Å². The number of urea groups is 1. The highest BCUT2D eigenvalue weighted by Gasteiger charge is 2.62. The lowest BCUT2D eigenvalue weighted by Crippen LogP contribution is -2.52. The molecule has 1 atom stereocenters. The summed E-state index contributed by atoms with van der Waals surface area (Å²) < 4.78 is 52.1. The summed E-state index contributed by atoms with van der Waals surface area (Å²) in [6, 6.07) is 8.83. The zero-order chi connectivity index (χ0) is 21.7. The molecule has 2 N–H and O–H groups in total. The number of aromatic nitrogens is 1. The number of alkyl halides is 3. The first kappa shape index (κ1) is 20.1. The Morgan fingerprint density at radius 1 is 1.13 bits per heavy atom. The van der Waals surface area contributed by atoms with E-state index in [1.165, 1.54) is 37.2 Å². The van der Waals surface area contributed by atoms with Crippen LogP contribution >= 0.6 is 0 Å². The maximum Gasteiger partial charge on any atom is 0.421 e. The number of amides is 2. The second-order valence-corrected chi connectivity index (χ2v) is 8.58. The molecule has 2 aromatic rings. The molecule has 2 saturated carbocycles. The number of nitrogens with zero attached hydrogens (tertiary/aromatic N) is 1. The molecular formula is C22H22F3N3O3. The Hall–Kier alpha value is -2.81. The van der Waals surface area contributed by atoms with Gasteiger partial charge in [0.25, 0.3) is 0 Å². The molecule has 2 heterocycles. The zero-order valence-electron chi connectivity index (χ0n) is 16.7. The maximum absolute atomic E-state index is 13.8. The minimum Gasteiger partial charge on any atom is -0.437 e. The Labute approximate surface area is 177 Å². The topological polar surface area (TPSA) is 72.5 Å². The average Bonchev–Trinajstić information content (AvgIpc) is 3.43. The molecule has 5 rings (SSSR count). The van der Waals surface area contributed by atoms with Crippen molar-refractivity contribution in [2.45, 2.75) is 49.9 Å². The smallest absolute Gasteiger partial charge is 0.421 e. The van der Waals surface area contributed by atoms with E-state index in [9.17, 15) is 18.0 Å². The van der Waals surface area contributed by atoms with Crippen LogP contribution < -0.4 is 15.4 Å². The molecule has 1 unspecified atom stereocenters. The van der Waals surface area contributed by atoms with Gasteiger partial charge in [-0.3, -0.25) is 0 Å². The van der Waals surface area contributed by atoms with Gasteiger partial charge in [0.05, 0.1) is 6.61 Å². The second-order valence-electron chi connectivity index (χ2n) is 8.58. The molecule has 2 amide bonds. The SMILES string of the molecule is O=C(Nc1cccnc1Oc1ccccc1C1(C(F)(F)F)CCO1)NC1CC2(CC2)C1. The summed E-state index contributed by atoms with van der Waals surface area (Å²) in [5.74, 6) is -0.00891. The predicted molar refractivity (Wildman–Crippen MR) is 106 cm³/mol. The summed E-state index contributed by atoms with van der Waals surface area (Å²) in [7, 11) is 0. The molecule has 164 valence electrons. The van der Waals surface area contributed by atoms with Gasteiger partial charge in [-0.2, -0.15) is 13.2 Å². The minimum absolute atomic E-state index is 0.00835. The monoisotopic (exact) mass is 433 g/mol. The molecule has 6 nitrogen and oxygen atoms in total. The molecule has 0 radical (unpaired) electrons. The summed E-state index contributed by atoms with van der Waals surface area (Å²) in [5.41, 5.74) is -1.78. The van der Waals surface area contributed by atoms with Crippen LogP contribution in [0.1, 0.15) is 37.7 Å². The number of hydrogen-bond donors (Lipinski definition) is 2. The molecule has 9 heteroatoms. The van der Waals surface area contributed by atoms with Gasteiger partial charge in [-0.15, -0.1) is 0 Å². The van der Waals surface area contributed by atoms with E-state index in [0.29, 0.717) is 5.41 Å². The Bertz CT molecular complexity index is 995. The van der Waals surface area contributed by atoms with Gasteiger partial charge < -0.3 is 20.1 Å². The zero-order valence-corrected chi connectivity index (χ0v) is 16.7. The van der Waals surface area contributed by atoms with Gasteiger partial charge in [0.15, 0.2) is 5.60 Å². The molecule has 1 spiro atoms. The van der Waals surface area contributed by atoms with Crippen LogP contribution in [0.15, 0.2) is 42.6 Å². The van der Waals surface area contributed by atoms with Crippen LogP contribution in [0, 0.1) is 5.41 Å². The summed E-state index contributed by atoms with van der Waals surface area (Å²) >= 11 is 0. The Kier molecular flexibility index (Phi) is 4.62. The van der Waals surface area contributed by atoms with Crippen LogP contribution in [0.2, 0.25) is 0 Å². The van der Waals surface area contributed by atoms with E-state index >= 15 is 0 Å². The molecule has 0 bridgehead atoms. The molecule has 3 aliphatic rings. The average molecular weight is 433 g/mol. The van der Waals surface area contributed by atoms with Gasteiger partial charge in [0.1, 0.15) is 11.4 Å². The molecular weight excluding hydrogens is 411 g/mol. The molecule has 1 aromatic heterocycles. The highest BCUT2D eigenvalue weighted by atomic mass is 19.4. The van der Waals surface area contributed by atoms with E-state index < -0.39 is 11.8 Å². The summed E-state index contributed by atoms with van der Waals surface area (Å²) in [6.45, 7) is 0.0207. The number of halogens is 3. The molecule has 1 saturated heterocycles. The van der Waals surface area contributed by atoms with Crippen molar-refractivity contribution in [2.75, 3.05) is 11.9 Å². The van der Waals surface area contributed by atoms with Crippen LogP contribution in [0.25, 0.3) is 0 Å². The normalized spacial score (nSPS) is 24.1.